The Hall–Kier alpha value is -1.71. The first-order chi connectivity index (χ1) is 11.8. The second kappa shape index (κ2) is 11.8. The molecule has 0 aliphatic heterocycles. The maximum Gasteiger partial charge on any atom is 0.225 e. The van der Waals surface area contributed by atoms with Gasteiger partial charge in [0, 0.05) is 32.1 Å². The van der Waals surface area contributed by atoms with Crippen LogP contribution in [0.3, 0.4) is 0 Å². The van der Waals surface area contributed by atoms with Gasteiger partial charge in [-0.1, -0.05) is 26.8 Å². The summed E-state index contributed by atoms with van der Waals surface area (Å²) in [6.45, 7) is 7.38. The molecule has 0 spiro atoms. The number of aliphatic imine (C=N–C) groups is 1. The van der Waals surface area contributed by atoms with E-state index < -0.39 is 0 Å². The number of hydrogen-bond acceptors (Lipinski definition) is 4. The Morgan fingerprint density at radius 1 is 1.04 bits per heavy atom. The molecule has 3 N–H and O–H groups in total. The Labute approximate surface area is 173 Å². The maximum atomic E-state index is 11.8. The highest BCUT2D eigenvalue weighted by Crippen LogP contribution is 2.27. The average molecular weight is 478 g/mol. The number of carbonyl (C=O) groups excluding carboxylic acids is 1. The summed E-state index contributed by atoms with van der Waals surface area (Å²) in [7, 11) is 4.93. The molecular formula is C18H31IN4O3. The summed E-state index contributed by atoms with van der Waals surface area (Å²) in [5, 5.41) is 9.28. The normalized spacial score (nSPS) is 11.2. The van der Waals surface area contributed by atoms with E-state index in [-0.39, 0.29) is 35.3 Å². The van der Waals surface area contributed by atoms with Gasteiger partial charge in [-0.3, -0.25) is 9.79 Å². The Bertz CT molecular complexity index is 601. The molecule has 0 bridgehead atoms. The van der Waals surface area contributed by atoms with Gasteiger partial charge in [0.1, 0.15) is 0 Å². The van der Waals surface area contributed by atoms with Gasteiger partial charge in [0.2, 0.25) is 5.91 Å². The molecule has 26 heavy (non-hydrogen) atoms. The molecule has 0 saturated heterocycles. The minimum absolute atomic E-state index is 0. The SMILES string of the molecule is CN=C(NCCNC(=O)C(C)(C)C)NCc1ccc(OC)c(OC)c1.I. The van der Waals surface area contributed by atoms with Gasteiger partial charge in [0.25, 0.3) is 0 Å². The second-order valence-corrected chi connectivity index (χ2v) is 6.55. The lowest BCUT2D eigenvalue weighted by atomic mass is 9.96. The van der Waals surface area contributed by atoms with Crippen LogP contribution >= 0.6 is 24.0 Å². The van der Waals surface area contributed by atoms with E-state index in [9.17, 15) is 4.79 Å². The van der Waals surface area contributed by atoms with Gasteiger partial charge < -0.3 is 25.4 Å². The van der Waals surface area contributed by atoms with Crippen LogP contribution in [0.25, 0.3) is 0 Å². The van der Waals surface area contributed by atoms with E-state index in [2.05, 4.69) is 20.9 Å². The van der Waals surface area contributed by atoms with E-state index in [0.29, 0.717) is 37.1 Å². The number of guanidine groups is 1. The molecule has 0 atom stereocenters. The third-order valence-electron chi connectivity index (χ3n) is 3.52. The molecule has 0 saturated carbocycles. The largest absolute Gasteiger partial charge is 0.493 e. The fourth-order valence-corrected chi connectivity index (χ4v) is 2.02. The lowest BCUT2D eigenvalue weighted by Gasteiger charge is -2.18. The Morgan fingerprint density at radius 3 is 2.19 bits per heavy atom. The molecule has 8 heteroatoms. The first kappa shape index (κ1) is 24.3. The first-order valence-electron chi connectivity index (χ1n) is 8.25. The minimum atomic E-state index is -0.382. The van der Waals surface area contributed by atoms with Crippen molar-refractivity contribution in [1.29, 1.82) is 0 Å². The van der Waals surface area contributed by atoms with E-state index in [4.69, 9.17) is 9.47 Å². The van der Waals surface area contributed by atoms with Crippen LogP contribution in [-0.4, -0.2) is 46.2 Å². The third-order valence-corrected chi connectivity index (χ3v) is 3.52. The number of rotatable bonds is 7. The lowest BCUT2D eigenvalue weighted by Crippen LogP contribution is -2.43. The van der Waals surface area contributed by atoms with Crippen molar-refractivity contribution >= 4 is 35.8 Å². The van der Waals surface area contributed by atoms with Crippen molar-refractivity contribution in [3.63, 3.8) is 0 Å². The average Bonchev–Trinajstić information content (AvgIpc) is 2.59. The lowest BCUT2D eigenvalue weighted by molar-refractivity contribution is -0.128. The van der Waals surface area contributed by atoms with Gasteiger partial charge in [-0.05, 0) is 17.7 Å². The number of methoxy groups -OCH3 is 2. The maximum absolute atomic E-state index is 11.8. The highest BCUT2D eigenvalue weighted by Gasteiger charge is 2.20. The van der Waals surface area contributed by atoms with Crippen LogP contribution in [-0.2, 0) is 11.3 Å². The van der Waals surface area contributed by atoms with E-state index in [1.165, 1.54) is 0 Å². The summed E-state index contributed by atoms with van der Waals surface area (Å²) in [6.07, 6.45) is 0. The van der Waals surface area contributed by atoms with Crippen molar-refractivity contribution in [2.24, 2.45) is 10.4 Å². The van der Waals surface area contributed by atoms with Gasteiger partial charge in [0.05, 0.1) is 14.2 Å². The highest BCUT2D eigenvalue weighted by molar-refractivity contribution is 14.0. The molecule has 0 unspecified atom stereocenters. The first-order valence-corrected chi connectivity index (χ1v) is 8.25. The molecule has 1 aromatic carbocycles. The van der Waals surface area contributed by atoms with Crippen LogP contribution in [0.15, 0.2) is 23.2 Å². The zero-order chi connectivity index (χ0) is 18.9. The van der Waals surface area contributed by atoms with Gasteiger partial charge in [-0.15, -0.1) is 24.0 Å². The summed E-state index contributed by atoms with van der Waals surface area (Å²) in [5.74, 6) is 2.08. The van der Waals surface area contributed by atoms with E-state index in [1.807, 2.05) is 39.0 Å². The fraction of sp³-hybridized carbons (Fsp3) is 0.556. The summed E-state index contributed by atoms with van der Waals surface area (Å²) < 4.78 is 10.5. The van der Waals surface area contributed by atoms with Crippen molar-refractivity contribution in [3.05, 3.63) is 23.8 Å². The molecule has 0 aliphatic rings. The van der Waals surface area contributed by atoms with E-state index >= 15 is 0 Å². The fourth-order valence-electron chi connectivity index (χ4n) is 2.02. The van der Waals surface area contributed by atoms with Crippen LogP contribution in [0, 0.1) is 5.41 Å². The number of ether oxygens (including phenoxy) is 2. The number of hydrogen-bond donors (Lipinski definition) is 3. The second-order valence-electron chi connectivity index (χ2n) is 6.55. The van der Waals surface area contributed by atoms with Crippen LogP contribution in [0.1, 0.15) is 26.3 Å². The van der Waals surface area contributed by atoms with Gasteiger partial charge in [-0.2, -0.15) is 0 Å². The van der Waals surface area contributed by atoms with E-state index in [0.717, 1.165) is 5.56 Å². The number of amides is 1. The molecule has 0 radical (unpaired) electrons. The van der Waals surface area contributed by atoms with Crippen LogP contribution < -0.4 is 25.4 Å². The molecular weight excluding hydrogens is 447 g/mol. The van der Waals surface area contributed by atoms with Crippen LogP contribution in [0.5, 0.6) is 11.5 Å². The molecule has 0 aromatic heterocycles. The molecule has 0 fully saturated rings. The number of nitrogens with one attached hydrogen (secondary N) is 3. The smallest absolute Gasteiger partial charge is 0.225 e. The molecule has 1 aromatic rings. The Morgan fingerprint density at radius 2 is 1.65 bits per heavy atom. The minimum Gasteiger partial charge on any atom is -0.493 e. The van der Waals surface area contributed by atoms with Gasteiger partial charge in [0.15, 0.2) is 17.5 Å². The Kier molecular flexibility index (Phi) is 11.0. The van der Waals surface area contributed by atoms with E-state index in [1.54, 1.807) is 21.3 Å². The van der Waals surface area contributed by atoms with Gasteiger partial charge in [-0.25, -0.2) is 0 Å². The molecule has 1 rings (SSSR count). The summed E-state index contributed by atoms with van der Waals surface area (Å²) >= 11 is 0. The highest BCUT2D eigenvalue weighted by atomic mass is 127. The molecule has 0 aliphatic carbocycles. The van der Waals surface area contributed by atoms with Crippen LogP contribution in [0.2, 0.25) is 0 Å². The predicted molar refractivity (Wildman–Crippen MR) is 116 cm³/mol. The predicted octanol–water partition coefficient (Wildman–Crippen LogP) is 2.15. The quantitative estimate of drug-likeness (QED) is 0.242. The van der Waals surface area contributed by atoms with Crippen molar-refractivity contribution in [1.82, 2.24) is 16.0 Å². The zero-order valence-corrected chi connectivity index (χ0v) is 18.8. The summed E-state index contributed by atoms with van der Waals surface area (Å²) in [5.41, 5.74) is 0.662. The zero-order valence-electron chi connectivity index (χ0n) is 16.4. The Balaban J connectivity index is 0.00000625. The van der Waals surface area contributed by atoms with Gasteiger partial charge >= 0.3 is 0 Å². The topological polar surface area (TPSA) is 84.0 Å². The monoisotopic (exact) mass is 478 g/mol. The van der Waals surface area contributed by atoms with Crippen molar-refractivity contribution in [2.45, 2.75) is 27.3 Å². The van der Waals surface area contributed by atoms with Crippen molar-refractivity contribution in [2.75, 3.05) is 34.4 Å². The molecule has 148 valence electrons. The van der Waals surface area contributed by atoms with Crippen LogP contribution in [0.4, 0.5) is 0 Å². The number of benzene rings is 1. The molecule has 1 amide bonds. The number of carbonyl (C=O) groups is 1. The number of halogens is 1. The summed E-state index contributed by atoms with van der Waals surface area (Å²) in [6, 6.07) is 5.75. The molecule has 0 heterocycles. The molecule has 7 nitrogen and oxygen atoms in total. The van der Waals surface area contributed by atoms with Crippen molar-refractivity contribution in [3.8, 4) is 11.5 Å². The number of nitrogens with zero attached hydrogens (tertiary/aromatic N) is 1. The standard InChI is InChI=1S/C18H30N4O3.HI/c1-18(2,3)16(23)20-9-10-21-17(19-4)22-12-13-7-8-14(24-5)15(11-13)25-6;/h7-8,11H,9-10,12H2,1-6H3,(H,20,23)(H2,19,21,22);1H. The van der Waals surface area contributed by atoms with Crippen molar-refractivity contribution < 1.29 is 14.3 Å². The third kappa shape index (κ3) is 8.11. The summed E-state index contributed by atoms with van der Waals surface area (Å²) in [4.78, 5) is 16.0.